The van der Waals surface area contributed by atoms with Crippen LogP contribution in [0.15, 0.2) is 42.5 Å². The number of rotatable bonds is 6. The van der Waals surface area contributed by atoms with Gasteiger partial charge in [-0.15, -0.1) is 0 Å². The van der Waals surface area contributed by atoms with Crippen LogP contribution in [0.2, 0.25) is 0 Å². The van der Waals surface area contributed by atoms with Gasteiger partial charge in [-0.1, -0.05) is 43.7 Å². The van der Waals surface area contributed by atoms with Gasteiger partial charge in [-0.3, -0.25) is 0 Å². The Morgan fingerprint density at radius 3 is 2.29 bits per heavy atom. The molecular formula is C17H19F2NO. The molecule has 0 aliphatic heterocycles. The fraction of sp³-hybridized carbons (Fsp3) is 0.294. The van der Waals surface area contributed by atoms with E-state index in [2.05, 4.69) is 12.2 Å². The molecule has 0 amide bonds. The second kappa shape index (κ2) is 7.18. The smallest absolute Gasteiger partial charge is 0.187 e. The van der Waals surface area contributed by atoms with Gasteiger partial charge in [-0.25, -0.2) is 8.78 Å². The molecule has 0 saturated heterocycles. The minimum Gasteiger partial charge on any atom is -0.503 e. The Kier molecular flexibility index (Phi) is 5.28. The average molecular weight is 291 g/mol. The second-order valence-electron chi connectivity index (χ2n) is 5.04. The third kappa shape index (κ3) is 4.02. The summed E-state index contributed by atoms with van der Waals surface area (Å²) >= 11 is 0. The first-order valence-corrected chi connectivity index (χ1v) is 7.07. The molecular weight excluding hydrogens is 272 g/mol. The molecule has 0 aliphatic carbocycles. The SMILES string of the molecule is CCCC(NCc1cc(F)c(O)c(F)c1)c1ccccc1. The molecule has 21 heavy (non-hydrogen) atoms. The summed E-state index contributed by atoms with van der Waals surface area (Å²) < 4.78 is 26.6. The van der Waals surface area contributed by atoms with Crippen LogP contribution in [0.4, 0.5) is 8.78 Å². The summed E-state index contributed by atoms with van der Waals surface area (Å²) in [5, 5.41) is 12.4. The fourth-order valence-electron chi connectivity index (χ4n) is 2.32. The standard InChI is InChI=1S/C17H19F2NO/c1-2-6-16(13-7-4-3-5-8-13)20-11-12-9-14(18)17(21)15(19)10-12/h3-5,7-10,16,20-21H,2,6,11H2,1H3. The average Bonchev–Trinajstić information content (AvgIpc) is 2.49. The van der Waals surface area contributed by atoms with Gasteiger partial charge in [0.1, 0.15) is 0 Å². The molecule has 2 nitrogen and oxygen atoms in total. The Labute approximate surface area is 123 Å². The lowest BCUT2D eigenvalue weighted by Gasteiger charge is -2.19. The lowest BCUT2D eigenvalue weighted by atomic mass is 10.0. The van der Waals surface area contributed by atoms with Gasteiger partial charge >= 0.3 is 0 Å². The van der Waals surface area contributed by atoms with Crippen LogP contribution in [-0.4, -0.2) is 5.11 Å². The first-order chi connectivity index (χ1) is 10.1. The number of halogens is 2. The van der Waals surface area contributed by atoms with Crippen molar-refractivity contribution >= 4 is 0 Å². The molecule has 2 rings (SSSR count). The molecule has 112 valence electrons. The molecule has 2 aromatic carbocycles. The van der Waals surface area contributed by atoms with Crippen LogP contribution < -0.4 is 5.32 Å². The summed E-state index contributed by atoms with van der Waals surface area (Å²) in [6.45, 7) is 2.44. The van der Waals surface area contributed by atoms with Gasteiger partial charge in [0.05, 0.1) is 0 Å². The fourth-order valence-corrected chi connectivity index (χ4v) is 2.32. The highest BCUT2D eigenvalue weighted by Crippen LogP contribution is 2.23. The van der Waals surface area contributed by atoms with Gasteiger partial charge in [0.25, 0.3) is 0 Å². The van der Waals surface area contributed by atoms with Crippen LogP contribution >= 0.6 is 0 Å². The molecule has 1 unspecified atom stereocenters. The van der Waals surface area contributed by atoms with E-state index < -0.39 is 17.4 Å². The van der Waals surface area contributed by atoms with Crippen molar-refractivity contribution < 1.29 is 13.9 Å². The normalized spacial score (nSPS) is 12.3. The Morgan fingerprint density at radius 2 is 1.71 bits per heavy atom. The molecule has 2 N–H and O–H groups in total. The van der Waals surface area contributed by atoms with E-state index in [0.29, 0.717) is 12.1 Å². The number of benzene rings is 2. The quantitative estimate of drug-likeness (QED) is 0.831. The maximum absolute atomic E-state index is 13.3. The summed E-state index contributed by atoms with van der Waals surface area (Å²) in [6, 6.07) is 12.4. The highest BCUT2D eigenvalue weighted by atomic mass is 19.1. The third-order valence-electron chi connectivity index (χ3n) is 3.41. The highest BCUT2D eigenvalue weighted by molar-refractivity contribution is 5.30. The van der Waals surface area contributed by atoms with Crippen LogP contribution in [0.25, 0.3) is 0 Å². The van der Waals surface area contributed by atoms with Crippen LogP contribution in [-0.2, 0) is 6.54 Å². The summed E-state index contributed by atoms with van der Waals surface area (Å²) in [4.78, 5) is 0. The zero-order valence-electron chi connectivity index (χ0n) is 11.9. The Morgan fingerprint density at radius 1 is 1.10 bits per heavy atom. The largest absolute Gasteiger partial charge is 0.503 e. The van der Waals surface area contributed by atoms with E-state index in [9.17, 15) is 8.78 Å². The van der Waals surface area contributed by atoms with Crippen molar-refractivity contribution in [1.82, 2.24) is 5.32 Å². The minimum absolute atomic E-state index is 0.135. The van der Waals surface area contributed by atoms with Crippen molar-refractivity contribution in [2.24, 2.45) is 0 Å². The minimum atomic E-state index is -0.932. The van der Waals surface area contributed by atoms with Crippen molar-refractivity contribution in [2.45, 2.75) is 32.4 Å². The number of nitrogens with one attached hydrogen (secondary N) is 1. The van der Waals surface area contributed by atoms with E-state index >= 15 is 0 Å². The maximum atomic E-state index is 13.3. The van der Waals surface area contributed by atoms with Crippen LogP contribution in [0.3, 0.4) is 0 Å². The molecule has 2 aromatic rings. The van der Waals surface area contributed by atoms with Gasteiger partial charge in [-0.05, 0) is 29.7 Å². The second-order valence-corrected chi connectivity index (χ2v) is 5.04. The molecule has 0 spiro atoms. The van der Waals surface area contributed by atoms with Gasteiger partial charge in [0, 0.05) is 12.6 Å². The first-order valence-electron chi connectivity index (χ1n) is 7.07. The molecule has 0 aromatic heterocycles. The Bertz CT molecular complexity index is 564. The van der Waals surface area contributed by atoms with Gasteiger partial charge in [0.15, 0.2) is 17.4 Å². The predicted octanol–water partition coefficient (Wildman–Crippen LogP) is 4.30. The van der Waals surface area contributed by atoms with Crippen molar-refractivity contribution in [1.29, 1.82) is 0 Å². The van der Waals surface area contributed by atoms with Crippen LogP contribution in [0.5, 0.6) is 5.75 Å². The molecule has 0 saturated carbocycles. The Balaban J connectivity index is 2.09. The number of phenolic OH excluding ortho intramolecular Hbond substituents is 1. The van der Waals surface area contributed by atoms with Gasteiger partial charge in [-0.2, -0.15) is 0 Å². The zero-order chi connectivity index (χ0) is 15.2. The van der Waals surface area contributed by atoms with E-state index in [0.717, 1.165) is 30.5 Å². The number of hydrogen-bond acceptors (Lipinski definition) is 2. The van der Waals surface area contributed by atoms with Crippen molar-refractivity contribution in [2.75, 3.05) is 0 Å². The summed E-state index contributed by atoms with van der Waals surface area (Å²) in [7, 11) is 0. The molecule has 0 radical (unpaired) electrons. The number of phenols is 1. The van der Waals surface area contributed by atoms with E-state index in [1.807, 2.05) is 30.3 Å². The monoisotopic (exact) mass is 291 g/mol. The molecule has 0 bridgehead atoms. The predicted molar refractivity (Wildman–Crippen MR) is 79.0 cm³/mol. The van der Waals surface area contributed by atoms with Crippen molar-refractivity contribution in [3.63, 3.8) is 0 Å². The van der Waals surface area contributed by atoms with E-state index in [1.165, 1.54) is 0 Å². The molecule has 4 heteroatoms. The maximum Gasteiger partial charge on any atom is 0.187 e. The van der Waals surface area contributed by atoms with Gasteiger partial charge in [0.2, 0.25) is 0 Å². The van der Waals surface area contributed by atoms with Crippen LogP contribution in [0.1, 0.15) is 36.9 Å². The molecule has 0 heterocycles. The summed E-state index contributed by atoms with van der Waals surface area (Å²) in [6.07, 6.45) is 1.94. The summed E-state index contributed by atoms with van der Waals surface area (Å²) in [5.41, 5.74) is 1.62. The lowest BCUT2D eigenvalue weighted by molar-refractivity contribution is 0.394. The number of hydrogen-bond donors (Lipinski definition) is 2. The topological polar surface area (TPSA) is 32.3 Å². The van der Waals surface area contributed by atoms with E-state index in [1.54, 1.807) is 0 Å². The van der Waals surface area contributed by atoms with E-state index in [-0.39, 0.29) is 6.04 Å². The highest BCUT2D eigenvalue weighted by Gasteiger charge is 2.12. The third-order valence-corrected chi connectivity index (χ3v) is 3.41. The first kappa shape index (κ1) is 15.4. The van der Waals surface area contributed by atoms with Crippen LogP contribution in [0, 0.1) is 11.6 Å². The van der Waals surface area contributed by atoms with E-state index in [4.69, 9.17) is 5.11 Å². The lowest BCUT2D eigenvalue weighted by Crippen LogP contribution is -2.21. The van der Waals surface area contributed by atoms with Crippen molar-refractivity contribution in [3.05, 3.63) is 65.2 Å². The van der Waals surface area contributed by atoms with Gasteiger partial charge < -0.3 is 10.4 Å². The summed E-state index contributed by atoms with van der Waals surface area (Å²) in [5.74, 6) is -2.79. The zero-order valence-corrected chi connectivity index (χ0v) is 11.9. The van der Waals surface area contributed by atoms with Crippen molar-refractivity contribution in [3.8, 4) is 5.75 Å². The molecule has 0 aliphatic rings. The molecule has 0 fully saturated rings. The Hall–Kier alpha value is -1.94. The molecule has 1 atom stereocenters. The number of aromatic hydroxyl groups is 1.